The van der Waals surface area contributed by atoms with Gasteiger partial charge in [-0.3, -0.25) is 0 Å². The second kappa shape index (κ2) is 7.06. The molecule has 0 aromatic heterocycles. The monoisotopic (exact) mass is 618 g/mol. The van der Waals surface area contributed by atoms with Crippen molar-refractivity contribution in [3.05, 3.63) is 0 Å². The first-order valence-electron chi connectivity index (χ1n) is 2.55. The zero-order chi connectivity index (χ0) is 8.91. The Morgan fingerprint density at radius 3 is 1.91 bits per heavy atom. The predicted molar refractivity (Wildman–Crippen MR) is 47.1 cm³/mol. The second-order valence-electron chi connectivity index (χ2n) is 1.71. The molecule has 0 aliphatic rings. The van der Waals surface area contributed by atoms with Gasteiger partial charge >= 0.3 is 106 Å². The number of hydrogen-bond acceptors (Lipinski definition) is 0. The summed E-state index contributed by atoms with van der Waals surface area (Å²) in [6, 6.07) is 0. The molecule has 0 aromatic carbocycles. The summed E-state index contributed by atoms with van der Waals surface area (Å²) in [4.78, 5) is 0. The molecule has 0 aliphatic carbocycles. The Bertz CT molecular complexity index is 100. The standard InChI is InChI=1S/C4H5F3I4/c5-4(6,7)2-1-3(10-8)11-9/h3H,1-2H2/q-2. The minimum absolute atomic E-state index is 0.00191. The minimum atomic E-state index is -3.94. The molecule has 0 spiro atoms. The molecule has 0 radical (unpaired) electrons. The molecule has 0 bridgehead atoms. The first kappa shape index (κ1) is 13.7. The molecule has 0 atom stereocenters. The molecule has 0 N–H and O–H groups in total. The number of hydrogen-bond donors (Lipinski definition) is 0. The van der Waals surface area contributed by atoms with Gasteiger partial charge in [-0.05, 0) is 0 Å². The summed E-state index contributed by atoms with van der Waals surface area (Å²) in [5.74, 6) is 0. The number of alkyl halides is 5. The molecule has 0 rings (SSSR count). The Balaban J connectivity index is 3.51. The average molecular weight is 618 g/mol. The molecular weight excluding hydrogens is 613 g/mol. The first-order valence-corrected chi connectivity index (χ1v) is 17.6. The van der Waals surface area contributed by atoms with Crippen molar-refractivity contribution in [2.75, 3.05) is 0 Å². The zero-order valence-corrected chi connectivity index (χ0v) is 13.8. The number of rotatable bonds is 4. The molecule has 7 heteroatoms. The van der Waals surface area contributed by atoms with Gasteiger partial charge < -0.3 is 0 Å². The molecule has 0 unspecified atom stereocenters. The third-order valence-electron chi connectivity index (χ3n) is 0.825. The van der Waals surface area contributed by atoms with Gasteiger partial charge in [-0.2, -0.15) is 0 Å². The molecular formula is C4H5F3I4-2. The van der Waals surface area contributed by atoms with Crippen LogP contribution in [0.1, 0.15) is 12.8 Å². The maximum atomic E-state index is 11.7. The van der Waals surface area contributed by atoms with Crippen LogP contribution < -0.4 is 34.5 Å². The van der Waals surface area contributed by atoms with E-state index in [-0.39, 0.29) is 34.5 Å². The van der Waals surface area contributed by atoms with Crippen molar-refractivity contribution in [3.8, 4) is 0 Å². The van der Waals surface area contributed by atoms with Gasteiger partial charge in [-0.1, -0.05) is 0 Å². The summed E-state index contributed by atoms with van der Waals surface area (Å²) in [6.45, 7) is 0. The summed E-state index contributed by atoms with van der Waals surface area (Å²) in [5, 5.41) is 0. The van der Waals surface area contributed by atoms with Crippen molar-refractivity contribution in [1.29, 1.82) is 0 Å². The average Bonchev–Trinajstić information content (AvgIpc) is 1.88. The molecule has 0 saturated carbocycles. The van der Waals surface area contributed by atoms with Crippen molar-refractivity contribution in [1.82, 2.24) is 0 Å². The molecule has 0 fully saturated rings. The van der Waals surface area contributed by atoms with Crippen LogP contribution in [0.3, 0.4) is 0 Å². The zero-order valence-electron chi connectivity index (χ0n) is 5.14. The van der Waals surface area contributed by atoms with Crippen molar-refractivity contribution >= 4 is 37.2 Å². The fourth-order valence-electron chi connectivity index (χ4n) is 0.367. The Hall–Kier alpha value is 2.71. The van der Waals surface area contributed by atoms with E-state index in [1.807, 2.05) is 0 Å². The van der Waals surface area contributed by atoms with E-state index >= 15 is 0 Å². The topological polar surface area (TPSA) is 0 Å². The molecule has 72 valence electrons. The van der Waals surface area contributed by atoms with Gasteiger partial charge in [-0.15, -0.1) is 0 Å². The van der Waals surface area contributed by atoms with Crippen LogP contribution in [0.4, 0.5) is 13.2 Å². The number of halogens is 7. The van der Waals surface area contributed by atoms with E-state index in [9.17, 15) is 13.2 Å². The first-order chi connectivity index (χ1) is 4.99. The van der Waals surface area contributed by atoms with Crippen LogP contribution in [-0.4, -0.2) is 8.11 Å². The third-order valence-corrected chi connectivity index (χ3v) is 26.0. The van der Waals surface area contributed by atoms with Gasteiger partial charge in [0.05, 0.1) is 0 Å². The van der Waals surface area contributed by atoms with Crippen molar-refractivity contribution in [2.45, 2.75) is 20.9 Å². The van der Waals surface area contributed by atoms with Crippen molar-refractivity contribution in [2.24, 2.45) is 0 Å². The predicted octanol–water partition coefficient (Wildman–Crippen LogP) is -2.47. The third kappa shape index (κ3) is 9.02. The van der Waals surface area contributed by atoms with Crippen LogP contribution in [0.15, 0.2) is 0 Å². The summed E-state index contributed by atoms with van der Waals surface area (Å²) >= 11 is 4.53. The quantitative estimate of drug-likeness (QED) is 0.243. The van der Waals surface area contributed by atoms with E-state index in [1.165, 1.54) is 0 Å². The molecule has 0 amide bonds. The summed E-state index contributed by atoms with van der Waals surface area (Å²) in [7, 11) is 0. The van der Waals surface area contributed by atoms with Crippen LogP contribution in [0.25, 0.3) is 0 Å². The van der Waals surface area contributed by atoms with Crippen LogP contribution in [-0.2, 0) is 0 Å². The Kier molecular flexibility index (Phi) is 8.80. The normalized spacial score (nSPS) is 13.3. The summed E-state index contributed by atoms with van der Waals surface area (Å²) in [6.07, 6.45) is -4.15. The van der Waals surface area contributed by atoms with E-state index in [2.05, 4.69) is 37.2 Å². The van der Waals surface area contributed by atoms with E-state index in [0.717, 1.165) is 0 Å². The van der Waals surface area contributed by atoms with Gasteiger partial charge in [0.25, 0.3) is 0 Å². The molecule has 0 heterocycles. The van der Waals surface area contributed by atoms with Gasteiger partial charge in [0.2, 0.25) is 0 Å². The molecule has 11 heavy (non-hydrogen) atoms. The fourth-order valence-corrected chi connectivity index (χ4v) is 28.5. The van der Waals surface area contributed by atoms with Gasteiger partial charge in [0, 0.05) is 0 Å². The molecule has 0 aliphatic heterocycles. The van der Waals surface area contributed by atoms with E-state index in [4.69, 9.17) is 0 Å². The fraction of sp³-hybridized carbons (Fsp3) is 1.00. The summed E-state index contributed by atoms with van der Waals surface area (Å²) in [5.41, 5.74) is 0. The van der Waals surface area contributed by atoms with Gasteiger partial charge in [0.1, 0.15) is 0 Å². The molecule has 0 aromatic rings. The van der Waals surface area contributed by atoms with Crippen LogP contribution >= 0.6 is 37.2 Å². The van der Waals surface area contributed by atoms with E-state index in [1.54, 1.807) is 0 Å². The van der Waals surface area contributed by atoms with E-state index < -0.39 is 12.6 Å². The van der Waals surface area contributed by atoms with Crippen molar-refractivity contribution < 1.29 is 47.6 Å². The van der Waals surface area contributed by atoms with Crippen LogP contribution in [0, 0.1) is 0 Å². The molecule has 0 saturated heterocycles. The van der Waals surface area contributed by atoms with Gasteiger partial charge in [0.15, 0.2) is 0 Å². The van der Waals surface area contributed by atoms with Crippen LogP contribution in [0.2, 0.25) is 0 Å². The SMILES string of the molecule is FC(F)(F)CCC([I-]I)[I-]I. The Morgan fingerprint density at radius 1 is 1.18 bits per heavy atom. The Morgan fingerprint density at radius 2 is 1.64 bits per heavy atom. The van der Waals surface area contributed by atoms with Crippen molar-refractivity contribution in [3.63, 3.8) is 0 Å². The van der Waals surface area contributed by atoms with E-state index in [0.29, 0.717) is 8.35 Å². The molecule has 0 nitrogen and oxygen atoms in total. The Labute approximate surface area is 104 Å². The van der Waals surface area contributed by atoms with Crippen LogP contribution in [0.5, 0.6) is 0 Å². The second-order valence-corrected chi connectivity index (χ2v) is 14.4. The maximum absolute atomic E-state index is 11.7. The van der Waals surface area contributed by atoms with Gasteiger partial charge in [-0.25, -0.2) is 0 Å². The summed E-state index contributed by atoms with van der Waals surface area (Å²) < 4.78 is 35.6.